The lowest BCUT2D eigenvalue weighted by Crippen LogP contribution is -2.37. The van der Waals surface area contributed by atoms with Crippen molar-refractivity contribution in [3.05, 3.63) is 71.6 Å². The third kappa shape index (κ3) is 6.49. The Labute approximate surface area is 231 Å². The second kappa shape index (κ2) is 12.6. The molecule has 0 saturated carbocycles. The second-order valence-electron chi connectivity index (χ2n) is 8.89. The molecule has 39 heavy (non-hydrogen) atoms. The van der Waals surface area contributed by atoms with Gasteiger partial charge < -0.3 is 24.3 Å². The molecule has 0 spiro atoms. The highest BCUT2D eigenvalue weighted by Gasteiger charge is 2.16. The molecular weight excluding hydrogens is 518 g/mol. The molecular formula is C29H28ClN5O4. The Kier molecular flexibility index (Phi) is 8.58. The maximum absolute atomic E-state index is 9.80. The number of ether oxygens (including phenoxy) is 4. The third-order valence-corrected chi connectivity index (χ3v) is 6.63. The van der Waals surface area contributed by atoms with Crippen molar-refractivity contribution in [1.82, 2.24) is 14.9 Å². The van der Waals surface area contributed by atoms with Gasteiger partial charge in [-0.3, -0.25) is 14.9 Å². The molecule has 1 fully saturated rings. The smallest absolute Gasteiger partial charge is 0.163 e. The number of hydrogen-bond donors (Lipinski definition) is 1. The molecule has 1 aliphatic rings. The molecule has 0 radical (unpaired) electrons. The summed E-state index contributed by atoms with van der Waals surface area (Å²) >= 11 is 6.51. The Morgan fingerprint density at radius 1 is 1.08 bits per heavy atom. The number of nitrogens with one attached hydrogen (secondary N) is 1. The molecule has 9 nitrogen and oxygen atoms in total. The van der Waals surface area contributed by atoms with Crippen LogP contribution in [0.3, 0.4) is 0 Å². The Morgan fingerprint density at radius 2 is 1.90 bits per heavy atom. The second-order valence-corrected chi connectivity index (χ2v) is 9.30. The van der Waals surface area contributed by atoms with Crippen LogP contribution in [0.4, 0.5) is 11.4 Å². The molecule has 1 saturated heterocycles. The normalized spacial score (nSPS) is 13.6. The number of nitrogens with zero attached hydrogens (tertiary/aromatic N) is 4. The lowest BCUT2D eigenvalue weighted by molar-refractivity contribution is 0.0357. The van der Waals surface area contributed by atoms with Crippen molar-refractivity contribution in [2.45, 2.75) is 6.42 Å². The van der Waals surface area contributed by atoms with Gasteiger partial charge in [-0.05, 0) is 42.8 Å². The number of anilines is 2. The monoisotopic (exact) mass is 545 g/mol. The van der Waals surface area contributed by atoms with E-state index in [1.807, 2.05) is 18.2 Å². The van der Waals surface area contributed by atoms with Gasteiger partial charge in [0.15, 0.2) is 11.5 Å². The summed E-state index contributed by atoms with van der Waals surface area (Å²) in [5.74, 6) is 2.31. The molecule has 3 heterocycles. The number of methoxy groups -OCH3 is 1. The summed E-state index contributed by atoms with van der Waals surface area (Å²) in [5.41, 5.74) is 2.34. The van der Waals surface area contributed by atoms with E-state index in [1.54, 1.807) is 50.0 Å². The van der Waals surface area contributed by atoms with Gasteiger partial charge in [-0.15, -0.1) is 0 Å². The fourth-order valence-electron chi connectivity index (χ4n) is 4.33. The molecule has 10 heteroatoms. The zero-order chi connectivity index (χ0) is 27.0. The van der Waals surface area contributed by atoms with Gasteiger partial charge >= 0.3 is 0 Å². The summed E-state index contributed by atoms with van der Waals surface area (Å²) in [6.07, 6.45) is 5.72. The van der Waals surface area contributed by atoms with Gasteiger partial charge in [0.05, 0.1) is 48.7 Å². The zero-order valence-corrected chi connectivity index (χ0v) is 22.3. The van der Waals surface area contributed by atoms with E-state index in [2.05, 4.69) is 26.3 Å². The predicted octanol–water partition coefficient (Wildman–Crippen LogP) is 5.80. The van der Waals surface area contributed by atoms with Crippen molar-refractivity contribution >= 4 is 33.9 Å². The molecule has 1 N–H and O–H groups in total. The number of pyridine rings is 2. The molecule has 1 aliphatic heterocycles. The van der Waals surface area contributed by atoms with Gasteiger partial charge in [-0.25, -0.2) is 0 Å². The topological polar surface area (TPSA) is 102 Å². The maximum Gasteiger partial charge on any atom is 0.163 e. The van der Waals surface area contributed by atoms with Crippen LogP contribution in [0, 0.1) is 11.3 Å². The molecule has 0 bridgehead atoms. The summed E-state index contributed by atoms with van der Waals surface area (Å²) in [6.45, 7) is 4.96. The Hall–Kier alpha value is -4.10. The van der Waals surface area contributed by atoms with E-state index in [0.29, 0.717) is 57.1 Å². The minimum absolute atomic E-state index is 0.386. The van der Waals surface area contributed by atoms with Crippen molar-refractivity contribution in [2.75, 3.05) is 51.9 Å². The first-order chi connectivity index (χ1) is 19.1. The Balaban J connectivity index is 1.35. The SMILES string of the molecule is COc1cc2c(Nc3ccc(Oc4ccncc4)c(Cl)c3)c(C#N)cnc2cc1OCCCN1CCOCC1. The standard InChI is InChI=1S/C29H28ClN5O4/c1-36-27-16-23-25(17-28(27)38-12-2-9-35-10-13-37-14-11-35)33-19-20(18-31)29(23)34-21-3-4-26(24(30)15-21)39-22-5-7-32-8-6-22/h3-8,15-17,19H,2,9-14H2,1H3,(H,33,34). The van der Waals surface area contributed by atoms with Crippen LogP contribution in [0.25, 0.3) is 10.9 Å². The lowest BCUT2D eigenvalue weighted by atomic mass is 10.1. The van der Waals surface area contributed by atoms with Gasteiger partial charge in [0.1, 0.15) is 17.6 Å². The zero-order valence-electron chi connectivity index (χ0n) is 21.5. The molecule has 200 valence electrons. The highest BCUT2D eigenvalue weighted by Crippen LogP contribution is 2.38. The Bertz CT molecular complexity index is 1470. The minimum atomic E-state index is 0.386. The quantitative estimate of drug-likeness (QED) is 0.248. The highest BCUT2D eigenvalue weighted by atomic mass is 35.5. The highest BCUT2D eigenvalue weighted by molar-refractivity contribution is 6.32. The first-order valence-corrected chi connectivity index (χ1v) is 13.0. The number of fused-ring (bicyclic) bond motifs is 1. The van der Waals surface area contributed by atoms with Gasteiger partial charge in [-0.2, -0.15) is 5.26 Å². The van der Waals surface area contributed by atoms with Gasteiger partial charge in [-0.1, -0.05) is 11.6 Å². The summed E-state index contributed by atoms with van der Waals surface area (Å²) in [6, 6.07) is 14.7. The van der Waals surface area contributed by atoms with Crippen molar-refractivity contribution in [3.8, 4) is 29.1 Å². The van der Waals surface area contributed by atoms with Gasteiger partial charge in [0.25, 0.3) is 0 Å². The number of nitriles is 1. The first kappa shape index (κ1) is 26.5. The number of aromatic nitrogens is 2. The van der Waals surface area contributed by atoms with E-state index in [4.69, 9.17) is 30.5 Å². The molecule has 0 amide bonds. The fraction of sp³-hybridized carbons (Fsp3) is 0.276. The van der Waals surface area contributed by atoms with Gasteiger partial charge in [0.2, 0.25) is 0 Å². The molecule has 0 aliphatic carbocycles. The van der Waals surface area contributed by atoms with Crippen molar-refractivity contribution in [2.24, 2.45) is 0 Å². The molecule has 0 atom stereocenters. The third-order valence-electron chi connectivity index (χ3n) is 6.33. The number of morpholine rings is 1. The van der Waals surface area contributed by atoms with Crippen molar-refractivity contribution < 1.29 is 18.9 Å². The van der Waals surface area contributed by atoms with Crippen molar-refractivity contribution in [1.29, 1.82) is 5.26 Å². The number of hydrogen-bond acceptors (Lipinski definition) is 9. The van der Waals surface area contributed by atoms with Crippen LogP contribution in [0.15, 0.2) is 61.1 Å². The van der Waals surface area contributed by atoms with E-state index in [1.165, 1.54) is 0 Å². The number of benzene rings is 2. The predicted molar refractivity (Wildman–Crippen MR) is 149 cm³/mol. The lowest BCUT2D eigenvalue weighted by Gasteiger charge is -2.26. The van der Waals surface area contributed by atoms with E-state index < -0.39 is 0 Å². The van der Waals surface area contributed by atoms with Crippen LogP contribution in [-0.2, 0) is 4.74 Å². The molecule has 0 unspecified atom stereocenters. The summed E-state index contributed by atoms with van der Waals surface area (Å²) in [4.78, 5) is 10.9. The average molecular weight is 546 g/mol. The molecule has 4 aromatic rings. The number of rotatable bonds is 10. The summed E-state index contributed by atoms with van der Waals surface area (Å²) < 4.78 is 23.0. The van der Waals surface area contributed by atoms with Gasteiger partial charge in [0, 0.05) is 55.4 Å². The van der Waals surface area contributed by atoms with Crippen LogP contribution in [-0.4, -0.2) is 61.4 Å². The van der Waals surface area contributed by atoms with E-state index >= 15 is 0 Å². The minimum Gasteiger partial charge on any atom is -0.493 e. The molecule has 2 aromatic carbocycles. The molecule has 2 aromatic heterocycles. The van der Waals surface area contributed by atoms with Crippen LogP contribution in [0.5, 0.6) is 23.0 Å². The van der Waals surface area contributed by atoms with Crippen LogP contribution in [0.1, 0.15) is 12.0 Å². The van der Waals surface area contributed by atoms with Crippen LogP contribution >= 0.6 is 11.6 Å². The van der Waals surface area contributed by atoms with E-state index in [0.717, 1.165) is 44.7 Å². The summed E-state index contributed by atoms with van der Waals surface area (Å²) in [5, 5.41) is 14.3. The Morgan fingerprint density at radius 3 is 2.64 bits per heavy atom. The van der Waals surface area contributed by atoms with Crippen LogP contribution in [0.2, 0.25) is 5.02 Å². The fourth-order valence-corrected chi connectivity index (χ4v) is 4.54. The van der Waals surface area contributed by atoms with Crippen LogP contribution < -0.4 is 19.5 Å². The van der Waals surface area contributed by atoms with E-state index in [-0.39, 0.29) is 0 Å². The average Bonchev–Trinajstić information content (AvgIpc) is 2.97. The van der Waals surface area contributed by atoms with E-state index in [9.17, 15) is 5.26 Å². The first-order valence-electron chi connectivity index (χ1n) is 12.6. The largest absolute Gasteiger partial charge is 0.493 e. The van der Waals surface area contributed by atoms with Crippen molar-refractivity contribution in [3.63, 3.8) is 0 Å². The summed E-state index contributed by atoms with van der Waals surface area (Å²) in [7, 11) is 1.59. The maximum atomic E-state index is 9.80. The molecule has 5 rings (SSSR count). The number of halogens is 1.